The van der Waals surface area contributed by atoms with Crippen molar-refractivity contribution in [3.05, 3.63) is 76.9 Å². The van der Waals surface area contributed by atoms with Gasteiger partial charge in [-0.1, -0.05) is 56.3 Å². The molecule has 1 aliphatic rings. The summed E-state index contributed by atoms with van der Waals surface area (Å²) >= 11 is 0. The van der Waals surface area contributed by atoms with Gasteiger partial charge in [-0.15, -0.1) is 0 Å². The lowest BCUT2D eigenvalue weighted by molar-refractivity contribution is -0.112. The third kappa shape index (κ3) is 3.82. The molecule has 0 fully saturated rings. The number of esters is 1. The molecule has 0 spiro atoms. The molecule has 2 aromatic rings. The van der Waals surface area contributed by atoms with Gasteiger partial charge in [-0.3, -0.25) is 9.59 Å². The summed E-state index contributed by atoms with van der Waals surface area (Å²) in [6, 6.07) is 15.1. The first-order valence-corrected chi connectivity index (χ1v) is 8.63. The van der Waals surface area contributed by atoms with Crippen LogP contribution in [0.5, 0.6) is 0 Å². The Morgan fingerprint density at radius 1 is 0.926 bits per heavy atom. The van der Waals surface area contributed by atoms with E-state index in [0.717, 1.165) is 0 Å². The minimum absolute atomic E-state index is 0.0423. The average Bonchev–Trinajstić information content (AvgIpc) is 2.68. The van der Waals surface area contributed by atoms with Crippen molar-refractivity contribution in [3.63, 3.8) is 0 Å². The van der Waals surface area contributed by atoms with Crippen LogP contribution in [0.15, 0.2) is 60.2 Å². The number of carbonyl (C=O) groups excluding carboxylic acids is 3. The Labute approximate surface area is 157 Å². The van der Waals surface area contributed by atoms with Gasteiger partial charge in [0.1, 0.15) is 5.76 Å². The summed E-state index contributed by atoms with van der Waals surface area (Å²) in [6.07, 6.45) is 0.111. The number of Topliss-reactive ketones (excluding diaryl/α,β-unsaturated/α-hetero) is 2. The molecule has 27 heavy (non-hydrogen) atoms. The van der Waals surface area contributed by atoms with Crippen molar-refractivity contribution in [2.45, 2.75) is 20.3 Å². The van der Waals surface area contributed by atoms with E-state index in [2.05, 4.69) is 0 Å². The van der Waals surface area contributed by atoms with Gasteiger partial charge in [-0.05, 0) is 18.6 Å². The third-order valence-electron chi connectivity index (χ3n) is 4.45. The van der Waals surface area contributed by atoms with Crippen LogP contribution in [0.25, 0.3) is 5.76 Å². The minimum Gasteiger partial charge on any atom is -0.507 e. The monoisotopic (exact) mass is 364 g/mol. The second-order valence-electron chi connectivity index (χ2n) is 7.31. The molecule has 0 bridgehead atoms. The molecule has 0 saturated carbocycles. The van der Waals surface area contributed by atoms with Crippen LogP contribution < -0.4 is 0 Å². The Hall–Kier alpha value is -3.21. The van der Waals surface area contributed by atoms with E-state index in [9.17, 15) is 19.5 Å². The molecule has 5 nitrogen and oxygen atoms in total. The standard InChI is InChI=1S/C22H20O5/c1-22(2,13-27-21(26)14-8-4-3-5-9-14)12-17-18(23)15-10-6-7-11-16(15)19(24)20(17)25/h3-11,23H,12-13H2,1-2H3. The van der Waals surface area contributed by atoms with E-state index in [-0.39, 0.29) is 29.9 Å². The quantitative estimate of drug-likeness (QED) is 0.641. The molecule has 1 N–H and O–H groups in total. The van der Waals surface area contributed by atoms with Gasteiger partial charge in [-0.2, -0.15) is 0 Å². The predicted octanol–water partition coefficient (Wildman–Crippen LogP) is 3.99. The summed E-state index contributed by atoms with van der Waals surface area (Å²) < 4.78 is 5.36. The summed E-state index contributed by atoms with van der Waals surface area (Å²) in [5, 5.41) is 10.5. The Bertz CT molecular complexity index is 938. The lowest BCUT2D eigenvalue weighted by atomic mass is 9.79. The Kier molecular flexibility index (Phi) is 4.95. The van der Waals surface area contributed by atoms with Gasteiger partial charge in [0, 0.05) is 22.1 Å². The lowest BCUT2D eigenvalue weighted by Crippen LogP contribution is -2.29. The van der Waals surface area contributed by atoms with Crippen molar-refractivity contribution < 1.29 is 24.2 Å². The van der Waals surface area contributed by atoms with Gasteiger partial charge in [0.15, 0.2) is 0 Å². The number of carbonyl (C=O) groups is 3. The van der Waals surface area contributed by atoms with Crippen LogP contribution in [0.3, 0.4) is 0 Å². The molecule has 3 rings (SSSR count). The van der Waals surface area contributed by atoms with Crippen LogP contribution in [0.1, 0.15) is 46.5 Å². The van der Waals surface area contributed by atoms with Gasteiger partial charge in [0.2, 0.25) is 11.6 Å². The van der Waals surface area contributed by atoms with Gasteiger partial charge in [0.25, 0.3) is 0 Å². The zero-order valence-electron chi connectivity index (χ0n) is 15.2. The van der Waals surface area contributed by atoms with Crippen molar-refractivity contribution in [2.24, 2.45) is 5.41 Å². The first-order valence-electron chi connectivity index (χ1n) is 8.63. The van der Waals surface area contributed by atoms with E-state index in [4.69, 9.17) is 4.74 Å². The van der Waals surface area contributed by atoms with E-state index in [1.807, 2.05) is 13.8 Å². The molecule has 0 heterocycles. The molecule has 0 amide bonds. The summed E-state index contributed by atoms with van der Waals surface area (Å²) in [5.74, 6) is -1.99. The summed E-state index contributed by atoms with van der Waals surface area (Å²) in [5.41, 5.74) is 0.412. The minimum atomic E-state index is -0.714. The Balaban J connectivity index is 1.78. The first kappa shape index (κ1) is 18.6. The van der Waals surface area contributed by atoms with E-state index in [1.165, 1.54) is 6.07 Å². The predicted molar refractivity (Wildman–Crippen MR) is 100 cm³/mol. The third-order valence-corrected chi connectivity index (χ3v) is 4.45. The fourth-order valence-electron chi connectivity index (χ4n) is 3.03. The number of allylic oxidation sites excluding steroid dienone is 1. The number of ketones is 2. The van der Waals surface area contributed by atoms with Gasteiger partial charge in [0.05, 0.1) is 12.2 Å². The maximum absolute atomic E-state index is 12.5. The molecule has 2 aromatic carbocycles. The number of aliphatic hydroxyl groups excluding tert-OH is 1. The molecule has 0 atom stereocenters. The summed E-state index contributed by atoms with van der Waals surface area (Å²) in [6.45, 7) is 3.66. The fourth-order valence-corrected chi connectivity index (χ4v) is 3.03. The maximum atomic E-state index is 12.5. The molecule has 138 valence electrons. The van der Waals surface area contributed by atoms with E-state index in [1.54, 1.807) is 48.5 Å². The molecule has 0 radical (unpaired) electrons. The zero-order valence-corrected chi connectivity index (χ0v) is 15.2. The van der Waals surface area contributed by atoms with Crippen LogP contribution in [0.2, 0.25) is 0 Å². The van der Waals surface area contributed by atoms with Gasteiger partial charge < -0.3 is 9.84 Å². The lowest BCUT2D eigenvalue weighted by Gasteiger charge is -2.27. The first-order chi connectivity index (χ1) is 12.8. The van der Waals surface area contributed by atoms with Crippen molar-refractivity contribution in [1.29, 1.82) is 0 Å². The Morgan fingerprint density at radius 3 is 2.19 bits per heavy atom. The topological polar surface area (TPSA) is 80.7 Å². The number of benzene rings is 2. The molecule has 0 saturated heterocycles. The van der Waals surface area contributed by atoms with Gasteiger partial charge in [-0.25, -0.2) is 4.79 Å². The van der Waals surface area contributed by atoms with Crippen molar-refractivity contribution in [1.82, 2.24) is 0 Å². The largest absolute Gasteiger partial charge is 0.507 e. The van der Waals surface area contributed by atoms with Gasteiger partial charge >= 0.3 is 5.97 Å². The number of hydrogen-bond acceptors (Lipinski definition) is 5. The SMILES string of the molecule is CC(C)(COC(=O)c1ccccc1)CC1=C(O)c2ccccc2C(=O)C1=O. The molecular formula is C22H20O5. The summed E-state index contributed by atoms with van der Waals surface area (Å²) in [7, 11) is 0. The number of rotatable bonds is 5. The Morgan fingerprint density at radius 2 is 1.52 bits per heavy atom. The highest BCUT2D eigenvalue weighted by Gasteiger charge is 2.36. The van der Waals surface area contributed by atoms with Crippen LogP contribution in [0, 0.1) is 5.41 Å². The van der Waals surface area contributed by atoms with E-state index in [0.29, 0.717) is 11.1 Å². The van der Waals surface area contributed by atoms with Crippen LogP contribution in [0.4, 0.5) is 0 Å². The molecule has 1 aliphatic carbocycles. The normalized spacial score (nSPS) is 14.1. The zero-order chi connectivity index (χ0) is 19.6. The number of hydrogen-bond donors (Lipinski definition) is 1. The second-order valence-corrected chi connectivity index (χ2v) is 7.31. The summed E-state index contributed by atoms with van der Waals surface area (Å²) in [4.78, 5) is 36.9. The average molecular weight is 364 g/mol. The van der Waals surface area contributed by atoms with Crippen molar-refractivity contribution >= 4 is 23.3 Å². The van der Waals surface area contributed by atoms with Crippen LogP contribution in [-0.4, -0.2) is 29.2 Å². The highest BCUT2D eigenvalue weighted by atomic mass is 16.5. The highest BCUT2D eigenvalue weighted by Crippen LogP contribution is 2.35. The fraction of sp³-hybridized carbons (Fsp3) is 0.227. The molecule has 0 unspecified atom stereocenters. The molecular weight excluding hydrogens is 344 g/mol. The van der Waals surface area contributed by atoms with Crippen molar-refractivity contribution in [3.8, 4) is 0 Å². The van der Waals surface area contributed by atoms with Crippen LogP contribution in [-0.2, 0) is 9.53 Å². The maximum Gasteiger partial charge on any atom is 0.338 e. The molecule has 5 heteroatoms. The highest BCUT2D eigenvalue weighted by molar-refractivity contribution is 6.52. The molecule has 0 aromatic heterocycles. The van der Waals surface area contributed by atoms with Crippen molar-refractivity contribution in [2.75, 3.05) is 6.61 Å². The smallest absolute Gasteiger partial charge is 0.338 e. The number of aliphatic hydroxyl groups is 1. The molecule has 0 aliphatic heterocycles. The second kappa shape index (κ2) is 7.19. The number of ether oxygens (including phenoxy) is 1. The van der Waals surface area contributed by atoms with E-state index < -0.39 is 23.0 Å². The van der Waals surface area contributed by atoms with Crippen LogP contribution >= 0.6 is 0 Å². The van der Waals surface area contributed by atoms with E-state index >= 15 is 0 Å². The number of fused-ring (bicyclic) bond motifs is 1.